The van der Waals surface area contributed by atoms with Crippen LogP contribution in [0.1, 0.15) is 29.8 Å². The lowest BCUT2D eigenvalue weighted by atomic mass is 10.0. The number of carbonyl (C=O) groups excluding carboxylic acids is 2. The number of hydrogen-bond acceptors (Lipinski definition) is 7. The highest BCUT2D eigenvalue weighted by atomic mass is 32.2. The number of rotatable bonds is 8. The first-order valence-corrected chi connectivity index (χ1v) is 14.5. The minimum absolute atomic E-state index is 0.203. The number of carbonyl (C=O) groups is 2. The van der Waals surface area contributed by atoms with E-state index in [0.717, 1.165) is 11.1 Å². The molecule has 0 saturated heterocycles. The van der Waals surface area contributed by atoms with E-state index in [0.29, 0.717) is 37.9 Å². The second-order valence-electron chi connectivity index (χ2n) is 9.03. The van der Waals surface area contributed by atoms with Gasteiger partial charge in [0, 0.05) is 10.9 Å². The molecule has 0 aliphatic heterocycles. The van der Waals surface area contributed by atoms with Gasteiger partial charge in [-0.25, -0.2) is 9.78 Å². The summed E-state index contributed by atoms with van der Waals surface area (Å²) < 4.78 is 6.88. The fraction of sp³-hybridized carbons (Fsp3) is 0.161. The summed E-state index contributed by atoms with van der Waals surface area (Å²) >= 11 is 2.46. The number of aromatic nitrogens is 2. The van der Waals surface area contributed by atoms with Crippen molar-refractivity contribution in [3.05, 3.63) is 106 Å². The number of anilines is 1. The van der Waals surface area contributed by atoms with Crippen LogP contribution in [0.3, 0.4) is 0 Å². The summed E-state index contributed by atoms with van der Waals surface area (Å²) in [6.45, 7) is 5.64. The maximum absolute atomic E-state index is 13.6. The first-order chi connectivity index (χ1) is 19.4. The van der Waals surface area contributed by atoms with E-state index in [2.05, 4.69) is 5.32 Å². The number of nitrogens with zero attached hydrogens (tertiary/aromatic N) is 2. The Kier molecular flexibility index (Phi) is 8.14. The third-order valence-electron chi connectivity index (χ3n) is 6.34. The first-order valence-electron chi connectivity index (χ1n) is 12.8. The van der Waals surface area contributed by atoms with E-state index in [9.17, 15) is 14.4 Å². The van der Waals surface area contributed by atoms with E-state index < -0.39 is 11.2 Å². The largest absolute Gasteiger partial charge is 0.462 e. The van der Waals surface area contributed by atoms with Crippen molar-refractivity contribution in [2.45, 2.75) is 31.2 Å². The second-order valence-corrected chi connectivity index (χ2v) is 11.2. The van der Waals surface area contributed by atoms with Crippen molar-refractivity contribution in [1.82, 2.24) is 9.55 Å². The average molecular weight is 570 g/mol. The van der Waals surface area contributed by atoms with Crippen molar-refractivity contribution in [3.63, 3.8) is 0 Å². The van der Waals surface area contributed by atoms with E-state index in [1.165, 1.54) is 23.1 Å². The molecule has 0 radical (unpaired) electrons. The zero-order valence-corrected chi connectivity index (χ0v) is 23.8. The molecule has 0 spiro atoms. The summed E-state index contributed by atoms with van der Waals surface area (Å²) in [5, 5.41) is 5.45. The standard InChI is InChI=1S/C31H27N3O4S2/c1-4-38-30(37)26-23(21-13-6-5-7-14-21)18-39-28(26)33-27(35)20(3)40-31-32-24-16-10-9-15-22(24)29(36)34(31)25-17-11-8-12-19(25)2/h5-18,20H,4H2,1-3H3,(H,33,35)/t20-/m0/s1. The van der Waals surface area contributed by atoms with E-state index in [-0.39, 0.29) is 18.1 Å². The van der Waals surface area contributed by atoms with Gasteiger partial charge in [0.1, 0.15) is 10.6 Å². The maximum Gasteiger partial charge on any atom is 0.341 e. The van der Waals surface area contributed by atoms with E-state index >= 15 is 0 Å². The summed E-state index contributed by atoms with van der Waals surface area (Å²) in [6.07, 6.45) is 0. The van der Waals surface area contributed by atoms with Crippen LogP contribution < -0.4 is 10.9 Å². The number of thioether (sulfide) groups is 1. The molecule has 0 bridgehead atoms. The number of hydrogen-bond donors (Lipinski definition) is 1. The van der Waals surface area contributed by atoms with Gasteiger partial charge in [-0.05, 0) is 50.1 Å². The van der Waals surface area contributed by atoms with Crippen LogP contribution >= 0.6 is 23.1 Å². The van der Waals surface area contributed by atoms with E-state index in [4.69, 9.17) is 9.72 Å². The highest BCUT2D eigenvalue weighted by Crippen LogP contribution is 2.37. The van der Waals surface area contributed by atoms with Crippen LogP contribution in [-0.2, 0) is 9.53 Å². The van der Waals surface area contributed by atoms with Crippen molar-refractivity contribution in [2.75, 3.05) is 11.9 Å². The topological polar surface area (TPSA) is 90.3 Å². The molecule has 0 unspecified atom stereocenters. The molecule has 1 N–H and O–H groups in total. The summed E-state index contributed by atoms with van der Waals surface area (Å²) in [6, 6.07) is 24.3. The maximum atomic E-state index is 13.6. The van der Waals surface area contributed by atoms with Gasteiger partial charge in [0.15, 0.2) is 5.16 Å². The van der Waals surface area contributed by atoms with Gasteiger partial charge in [0.2, 0.25) is 5.91 Å². The monoisotopic (exact) mass is 569 g/mol. The Morgan fingerprint density at radius 3 is 2.48 bits per heavy atom. The Hall–Kier alpha value is -4.21. The Bertz CT molecular complexity index is 1760. The molecule has 40 heavy (non-hydrogen) atoms. The van der Waals surface area contributed by atoms with Gasteiger partial charge < -0.3 is 10.1 Å². The lowest BCUT2D eigenvalue weighted by Crippen LogP contribution is -2.27. The average Bonchev–Trinajstić information content (AvgIpc) is 3.38. The van der Waals surface area contributed by atoms with Gasteiger partial charge in [-0.3, -0.25) is 14.2 Å². The van der Waals surface area contributed by atoms with Gasteiger partial charge in [0.25, 0.3) is 5.56 Å². The molecule has 0 saturated carbocycles. The predicted octanol–water partition coefficient (Wildman–Crippen LogP) is 6.72. The molecule has 2 aromatic heterocycles. The molecule has 7 nitrogen and oxygen atoms in total. The number of nitrogens with one attached hydrogen (secondary N) is 1. The summed E-state index contributed by atoms with van der Waals surface area (Å²) in [7, 11) is 0. The summed E-state index contributed by atoms with van der Waals surface area (Å²) in [4.78, 5) is 44.8. The fourth-order valence-electron chi connectivity index (χ4n) is 4.33. The van der Waals surface area contributed by atoms with Crippen molar-refractivity contribution in [1.29, 1.82) is 0 Å². The van der Waals surface area contributed by atoms with Gasteiger partial charge in [-0.2, -0.15) is 0 Å². The number of esters is 1. The molecule has 0 aliphatic rings. The minimum atomic E-state index is -0.638. The predicted molar refractivity (Wildman–Crippen MR) is 162 cm³/mol. The SMILES string of the molecule is CCOC(=O)c1c(-c2ccccc2)csc1NC(=O)[C@H](C)Sc1nc2ccccc2c(=O)n1-c1ccccc1C. The molecular weight excluding hydrogens is 542 g/mol. The van der Waals surface area contributed by atoms with Crippen molar-refractivity contribution < 1.29 is 14.3 Å². The van der Waals surface area contributed by atoms with Crippen molar-refractivity contribution in [2.24, 2.45) is 0 Å². The number of benzene rings is 3. The number of fused-ring (bicyclic) bond motifs is 1. The van der Waals surface area contributed by atoms with Crippen LogP contribution in [-0.4, -0.2) is 33.3 Å². The molecule has 1 amide bonds. The molecule has 3 aromatic carbocycles. The van der Waals surface area contributed by atoms with Crippen molar-refractivity contribution in [3.8, 4) is 16.8 Å². The highest BCUT2D eigenvalue weighted by Gasteiger charge is 2.26. The van der Waals surface area contributed by atoms with E-state index in [1.807, 2.05) is 79.0 Å². The Morgan fingerprint density at radius 1 is 1.02 bits per heavy atom. The van der Waals surface area contributed by atoms with Gasteiger partial charge >= 0.3 is 5.97 Å². The molecule has 5 rings (SSSR count). The zero-order chi connectivity index (χ0) is 28.2. The van der Waals surface area contributed by atoms with Gasteiger partial charge in [0.05, 0.1) is 28.4 Å². The number of aryl methyl sites for hydroxylation is 1. The van der Waals surface area contributed by atoms with Crippen LogP contribution in [0.2, 0.25) is 0 Å². The third-order valence-corrected chi connectivity index (χ3v) is 8.29. The Balaban J connectivity index is 1.49. The highest BCUT2D eigenvalue weighted by molar-refractivity contribution is 8.00. The molecule has 0 fully saturated rings. The normalized spacial score (nSPS) is 11.8. The number of amides is 1. The lowest BCUT2D eigenvalue weighted by molar-refractivity contribution is -0.115. The third kappa shape index (κ3) is 5.43. The van der Waals surface area contributed by atoms with Crippen molar-refractivity contribution >= 4 is 50.9 Å². The second kappa shape index (κ2) is 11.9. The van der Waals surface area contributed by atoms with Crippen LogP contribution in [0.25, 0.3) is 27.7 Å². The molecule has 2 heterocycles. The van der Waals surface area contributed by atoms with Crippen LogP contribution in [0.15, 0.2) is 94.2 Å². The summed E-state index contributed by atoms with van der Waals surface area (Å²) in [5.41, 5.74) is 3.84. The minimum Gasteiger partial charge on any atom is -0.462 e. The fourth-order valence-corrected chi connectivity index (χ4v) is 6.21. The smallest absolute Gasteiger partial charge is 0.341 e. The van der Waals surface area contributed by atoms with Crippen LogP contribution in [0.5, 0.6) is 0 Å². The van der Waals surface area contributed by atoms with Gasteiger partial charge in [-0.1, -0.05) is 72.4 Å². The zero-order valence-electron chi connectivity index (χ0n) is 22.2. The molecule has 1 atom stereocenters. The molecule has 5 aromatic rings. The number of para-hydroxylation sites is 2. The Labute approximate surface area is 239 Å². The molecule has 202 valence electrons. The molecule has 9 heteroatoms. The molecule has 0 aliphatic carbocycles. The lowest BCUT2D eigenvalue weighted by Gasteiger charge is -2.17. The number of ether oxygens (including phenoxy) is 1. The van der Waals surface area contributed by atoms with Gasteiger partial charge in [-0.15, -0.1) is 11.3 Å². The molecular formula is C31H27N3O4S2. The quantitative estimate of drug-likeness (QED) is 0.127. The van der Waals surface area contributed by atoms with Crippen LogP contribution in [0, 0.1) is 6.92 Å². The van der Waals surface area contributed by atoms with E-state index in [1.54, 1.807) is 30.5 Å². The summed E-state index contributed by atoms with van der Waals surface area (Å²) in [5.74, 6) is -0.821. The first kappa shape index (κ1) is 27.4. The number of thiophene rings is 1. The van der Waals surface area contributed by atoms with Crippen LogP contribution in [0.4, 0.5) is 5.00 Å². The Morgan fingerprint density at radius 2 is 1.73 bits per heavy atom.